The van der Waals surface area contributed by atoms with Crippen LogP contribution < -0.4 is 0 Å². The average molecular weight is 219 g/mol. The molecule has 0 radical (unpaired) electrons. The Hall–Kier alpha value is -2.35. The fourth-order valence-electron chi connectivity index (χ4n) is 2.39. The van der Waals surface area contributed by atoms with Crippen molar-refractivity contribution in [1.82, 2.24) is 4.98 Å². The number of fused-ring (bicyclic) bond motifs is 5. The molecule has 2 nitrogen and oxygen atoms in total. The number of rotatable bonds is 0. The van der Waals surface area contributed by atoms with E-state index in [4.69, 9.17) is 4.42 Å². The third-order valence-electron chi connectivity index (χ3n) is 3.13. The lowest BCUT2D eigenvalue weighted by Crippen LogP contribution is -1.73. The van der Waals surface area contributed by atoms with Gasteiger partial charge in [-0.25, -0.2) is 4.98 Å². The molecule has 2 aromatic heterocycles. The standard InChI is InChI=1S/C15H9NO/c1-2-6-12-10(4-1)15-11-5-3-9-17-14(11)8-7-13(15)16-12/h1-9H. The number of benzene rings is 2. The molecule has 2 heteroatoms. The van der Waals surface area contributed by atoms with Gasteiger partial charge < -0.3 is 4.42 Å². The van der Waals surface area contributed by atoms with Crippen LogP contribution in [-0.4, -0.2) is 4.98 Å². The largest absolute Gasteiger partial charge is 0.464 e. The first-order chi connectivity index (χ1) is 8.43. The van der Waals surface area contributed by atoms with Crippen LogP contribution in [-0.2, 0) is 0 Å². The Morgan fingerprint density at radius 1 is 0.765 bits per heavy atom. The van der Waals surface area contributed by atoms with Gasteiger partial charge in [-0.3, -0.25) is 0 Å². The zero-order chi connectivity index (χ0) is 11.2. The summed E-state index contributed by atoms with van der Waals surface area (Å²) in [5.74, 6) is 0. The molecule has 0 aliphatic carbocycles. The molecule has 0 amide bonds. The third-order valence-corrected chi connectivity index (χ3v) is 3.13. The molecule has 0 aliphatic heterocycles. The molecule has 0 saturated heterocycles. The fraction of sp³-hybridized carbons (Fsp3) is 0. The minimum absolute atomic E-state index is 0.901. The van der Waals surface area contributed by atoms with Crippen LogP contribution in [0.25, 0.3) is 32.8 Å². The summed E-state index contributed by atoms with van der Waals surface area (Å²) in [6.07, 6.45) is 1.70. The van der Waals surface area contributed by atoms with Crippen LogP contribution in [0.3, 0.4) is 0 Å². The third kappa shape index (κ3) is 1.12. The highest BCUT2D eigenvalue weighted by molar-refractivity contribution is 6.19. The lowest BCUT2D eigenvalue weighted by atomic mass is 10.1. The minimum atomic E-state index is 0.901. The number of para-hydroxylation sites is 1. The summed E-state index contributed by atoms with van der Waals surface area (Å²) in [4.78, 5) is 4.62. The van der Waals surface area contributed by atoms with Crippen molar-refractivity contribution < 1.29 is 4.42 Å². The van der Waals surface area contributed by atoms with Crippen molar-refractivity contribution >= 4 is 32.8 Å². The van der Waals surface area contributed by atoms with Crippen molar-refractivity contribution in [3.63, 3.8) is 0 Å². The smallest absolute Gasteiger partial charge is 0.134 e. The van der Waals surface area contributed by atoms with Gasteiger partial charge in [-0.05, 0) is 30.3 Å². The Morgan fingerprint density at radius 2 is 1.65 bits per heavy atom. The van der Waals surface area contributed by atoms with E-state index in [1.807, 2.05) is 36.4 Å². The van der Waals surface area contributed by atoms with E-state index in [2.05, 4.69) is 17.1 Å². The summed E-state index contributed by atoms with van der Waals surface area (Å²) in [5, 5.41) is 3.50. The van der Waals surface area contributed by atoms with Crippen molar-refractivity contribution in [2.75, 3.05) is 0 Å². The molecule has 2 heterocycles. The molecule has 0 unspecified atom stereocenters. The molecule has 0 bridgehead atoms. The fourth-order valence-corrected chi connectivity index (χ4v) is 2.39. The zero-order valence-corrected chi connectivity index (χ0v) is 9.05. The summed E-state index contributed by atoms with van der Waals surface area (Å²) in [6.45, 7) is 0. The van der Waals surface area contributed by atoms with Gasteiger partial charge in [0.25, 0.3) is 0 Å². The Morgan fingerprint density at radius 3 is 2.65 bits per heavy atom. The second-order valence-corrected chi connectivity index (χ2v) is 4.11. The van der Waals surface area contributed by atoms with Crippen LogP contribution in [0.2, 0.25) is 0 Å². The number of aromatic nitrogens is 1. The van der Waals surface area contributed by atoms with Crippen LogP contribution >= 0.6 is 0 Å². The van der Waals surface area contributed by atoms with Crippen LogP contribution in [0.5, 0.6) is 0 Å². The summed E-state index contributed by atoms with van der Waals surface area (Å²) in [7, 11) is 0. The molecule has 0 fully saturated rings. The number of nitrogens with zero attached hydrogens (tertiary/aromatic N) is 1. The molecule has 17 heavy (non-hydrogen) atoms. The van der Waals surface area contributed by atoms with Crippen molar-refractivity contribution in [1.29, 1.82) is 0 Å². The number of hydrogen-bond donors (Lipinski definition) is 0. The van der Waals surface area contributed by atoms with Gasteiger partial charge in [0, 0.05) is 16.2 Å². The van der Waals surface area contributed by atoms with Crippen molar-refractivity contribution in [2.45, 2.75) is 0 Å². The van der Waals surface area contributed by atoms with Crippen LogP contribution in [0, 0.1) is 0 Å². The quantitative estimate of drug-likeness (QED) is 0.444. The molecule has 0 saturated carbocycles. The van der Waals surface area contributed by atoms with Crippen molar-refractivity contribution in [3.05, 3.63) is 54.8 Å². The van der Waals surface area contributed by atoms with Gasteiger partial charge in [-0.2, -0.15) is 0 Å². The first kappa shape index (κ1) is 8.76. The molecule has 0 N–H and O–H groups in total. The lowest BCUT2D eigenvalue weighted by molar-refractivity contribution is 0.604. The van der Waals surface area contributed by atoms with Crippen LogP contribution in [0.4, 0.5) is 0 Å². The normalized spacial score (nSPS) is 11.5. The minimum Gasteiger partial charge on any atom is -0.464 e. The van der Waals surface area contributed by atoms with Crippen LogP contribution in [0.15, 0.2) is 59.2 Å². The molecule has 80 valence electrons. The second kappa shape index (κ2) is 3.08. The van der Waals surface area contributed by atoms with Crippen molar-refractivity contribution in [2.24, 2.45) is 0 Å². The second-order valence-electron chi connectivity index (χ2n) is 4.11. The Bertz CT molecular complexity index is 839. The molecule has 0 spiro atoms. The highest BCUT2D eigenvalue weighted by atomic mass is 16.3. The zero-order valence-electron chi connectivity index (χ0n) is 9.05. The summed E-state index contributed by atoms with van der Waals surface area (Å²) < 4.78 is 5.51. The first-order valence-corrected chi connectivity index (χ1v) is 5.58. The molecule has 4 rings (SSSR count). The molecular formula is C15H9NO. The maximum Gasteiger partial charge on any atom is 0.134 e. The van der Waals surface area contributed by atoms with Gasteiger partial charge in [0.2, 0.25) is 0 Å². The Balaban J connectivity index is 2.38. The summed E-state index contributed by atoms with van der Waals surface area (Å²) in [5.41, 5.74) is 2.97. The van der Waals surface area contributed by atoms with Gasteiger partial charge in [0.1, 0.15) is 5.58 Å². The first-order valence-electron chi connectivity index (χ1n) is 5.58. The molecule has 0 aliphatic rings. The summed E-state index contributed by atoms with van der Waals surface area (Å²) in [6, 6.07) is 16.2. The predicted octanol–water partition coefficient (Wildman–Crippen LogP) is 4.13. The van der Waals surface area contributed by atoms with E-state index in [9.17, 15) is 0 Å². The van der Waals surface area contributed by atoms with E-state index >= 15 is 0 Å². The van der Waals surface area contributed by atoms with Gasteiger partial charge in [0.05, 0.1) is 17.3 Å². The lowest BCUT2D eigenvalue weighted by Gasteiger charge is -1.98. The van der Waals surface area contributed by atoms with E-state index in [0.717, 1.165) is 22.0 Å². The molecular weight excluding hydrogens is 210 g/mol. The SMILES string of the molecule is c1ccc2c(c1)nc1ccc3occcc3c12. The molecule has 0 atom stereocenters. The van der Waals surface area contributed by atoms with Gasteiger partial charge in [0.15, 0.2) is 0 Å². The monoisotopic (exact) mass is 219 g/mol. The molecule has 4 aromatic rings. The van der Waals surface area contributed by atoms with Gasteiger partial charge >= 0.3 is 0 Å². The van der Waals surface area contributed by atoms with E-state index in [-0.39, 0.29) is 0 Å². The van der Waals surface area contributed by atoms with Gasteiger partial charge in [-0.1, -0.05) is 18.2 Å². The van der Waals surface area contributed by atoms with E-state index in [1.165, 1.54) is 10.8 Å². The number of hydrogen-bond acceptors (Lipinski definition) is 2. The van der Waals surface area contributed by atoms with Gasteiger partial charge in [-0.15, -0.1) is 0 Å². The Labute approximate surface area is 97.5 Å². The van der Waals surface area contributed by atoms with Crippen molar-refractivity contribution in [3.8, 4) is 0 Å². The highest BCUT2D eigenvalue weighted by Gasteiger charge is 2.08. The van der Waals surface area contributed by atoms with E-state index in [0.29, 0.717) is 0 Å². The van der Waals surface area contributed by atoms with E-state index < -0.39 is 0 Å². The predicted molar refractivity (Wildman–Crippen MR) is 69.0 cm³/mol. The van der Waals surface area contributed by atoms with Crippen LogP contribution in [0.1, 0.15) is 0 Å². The maximum atomic E-state index is 5.51. The average Bonchev–Trinajstić information content (AvgIpc) is 2.77. The maximum absolute atomic E-state index is 5.51. The topological polar surface area (TPSA) is 26.0 Å². The molecule has 2 aromatic carbocycles. The van der Waals surface area contributed by atoms with E-state index in [1.54, 1.807) is 6.26 Å². The highest BCUT2D eigenvalue weighted by Crippen LogP contribution is 2.31. The summed E-state index contributed by atoms with van der Waals surface area (Å²) >= 11 is 0. The Kier molecular flexibility index (Phi) is 1.59.